The SMILES string of the molecule is CCc1nc(Cl)c(C)c(Nc2ccc(C#N)cc2F)n1. The minimum atomic E-state index is -0.517. The molecular formula is C14H12ClFN4. The fraction of sp³-hybridized carbons (Fsp3) is 0.214. The molecule has 0 radical (unpaired) electrons. The van der Waals surface area contributed by atoms with Gasteiger partial charge in [-0.05, 0) is 25.1 Å². The van der Waals surface area contributed by atoms with E-state index in [0.717, 1.165) is 0 Å². The van der Waals surface area contributed by atoms with Crippen LogP contribution in [0.2, 0.25) is 5.15 Å². The molecule has 20 heavy (non-hydrogen) atoms. The van der Waals surface area contributed by atoms with E-state index >= 15 is 0 Å². The highest BCUT2D eigenvalue weighted by molar-refractivity contribution is 6.30. The van der Waals surface area contributed by atoms with Crippen LogP contribution in [0.3, 0.4) is 0 Å². The van der Waals surface area contributed by atoms with Crippen LogP contribution in [0.1, 0.15) is 23.9 Å². The molecule has 102 valence electrons. The number of aromatic nitrogens is 2. The van der Waals surface area contributed by atoms with Crippen molar-refractivity contribution in [2.75, 3.05) is 5.32 Å². The maximum atomic E-state index is 13.8. The summed E-state index contributed by atoms with van der Waals surface area (Å²) in [4.78, 5) is 8.41. The van der Waals surface area contributed by atoms with Crippen LogP contribution in [0.25, 0.3) is 0 Å². The molecule has 1 aromatic heterocycles. The van der Waals surface area contributed by atoms with E-state index in [1.54, 1.807) is 6.92 Å². The summed E-state index contributed by atoms with van der Waals surface area (Å²) in [7, 11) is 0. The third kappa shape index (κ3) is 2.86. The van der Waals surface area contributed by atoms with Gasteiger partial charge in [0, 0.05) is 12.0 Å². The van der Waals surface area contributed by atoms with Crippen molar-refractivity contribution in [2.45, 2.75) is 20.3 Å². The first-order valence-electron chi connectivity index (χ1n) is 6.04. The first-order valence-corrected chi connectivity index (χ1v) is 6.42. The molecular weight excluding hydrogens is 279 g/mol. The minimum absolute atomic E-state index is 0.240. The molecule has 4 nitrogen and oxygen atoms in total. The molecule has 0 aliphatic heterocycles. The Morgan fingerprint density at radius 2 is 2.15 bits per heavy atom. The highest BCUT2D eigenvalue weighted by Gasteiger charge is 2.11. The Kier molecular flexibility index (Phi) is 4.16. The first-order chi connectivity index (χ1) is 9.55. The van der Waals surface area contributed by atoms with Gasteiger partial charge in [0.1, 0.15) is 22.6 Å². The van der Waals surface area contributed by atoms with Crippen LogP contribution >= 0.6 is 11.6 Å². The highest BCUT2D eigenvalue weighted by Crippen LogP contribution is 2.25. The molecule has 0 saturated carbocycles. The lowest BCUT2D eigenvalue weighted by molar-refractivity contribution is 0.631. The molecule has 0 atom stereocenters. The molecule has 0 saturated heterocycles. The largest absolute Gasteiger partial charge is 0.337 e. The van der Waals surface area contributed by atoms with E-state index in [1.807, 2.05) is 13.0 Å². The van der Waals surface area contributed by atoms with Gasteiger partial charge in [0.15, 0.2) is 0 Å². The van der Waals surface area contributed by atoms with E-state index in [-0.39, 0.29) is 11.3 Å². The predicted molar refractivity (Wildman–Crippen MR) is 75.6 cm³/mol. The zero-order valence-corrected chi connectivity index (χ0v) is 11.8. The molecule has 0 aliphatic rings. The molecule has 0 spiro atoms. The predicted octanol–water partition coefficient (Wildman–Crippen LogP) is 3.76. The number of halogens is 2. The summed E-state index contributed by atoms with van der Waals surface area (Å²) >= 11 is 6.02. The third-order valence-electron chi connectivity index (χ3n) is 2.80. The van der Waals surface area contributed by atoms with Gasteiger partial charge < -0.3 is 5.32 Å². The van der Waals surface area contributed by atoms with Crippen molar-refractivity contribution in [1.29, 1.82) is 5.26 Å². The number of nitrogens with zero attached hydrogens (tertiary/aromatic N) is 3. The molecule has 0 bridgehead atoms. The topological polar surface area (TPSA) is 61.6 Å². The van der Waals surface area contributed by atoms with Gasteiger partial charge in [0.05, 0.1) is 17.3 Å². The van der Waals surface area contributed by atoms with Crippen molar-refractivity contribution < 1.29 is 4.39 Å². The molecule has 0 unspecified atom stereocenters. The van der Waals surface area contributed by atoms with Crippen molar-refractivity contribution in [2.24, 2.45) is 0 Å². The average molecular weight is 291 g/mol. The number of benzene rings is 1. The third-order valence-corrected chi connectivity index (χ3v) is 3.17. The Balaban J connectivity index is 2.40. The normalized spacial score (nSPS) is 10.2. The van der Waals surface area contributed by atoms with Gasteiger partial charge in [0.25, 0.3) is 0 Å². The lowest BCUT2D eigenvalue weighted by atomic mass is 10.2. The maximum absolute atomic E-state index is 13.8. The van der Waals surface area contributed by atoms with Crippen molar-refractivity contribution in [1.82, 2.24) is 9.97 Å². The standard InChI is InChI=1S/C14H12ClFN4/c1-3-12-19-13(15)8(2)14(20-12)18-11-5-4-9(7-17)6-10(11)16/h4-6H,3H2,1-2H3,(H,18,19,20). The minimum Gasteiger partial charge on any atom is -0.337 e. The molecule has 0 aliphatic carbocycles. The second-order valence-electron chi connectivity index (χ2n) is 4.19. The van der Waals surface area contributed by atoms with Crippen LogP contribution in [0.5, 0.6) is 0 Å². The van der Waals surface area contributed by atoms with E-state index in [0.29, 0.717) is 28.8 Å². The Hall–Kier alpha value is -2.19. The van der Waals surface area contributed by atoms with Crippen molar-refractivity contribution in [3.05, 3.63) is 46.1 Å². The zero-order chi connectivity index (χ0) is 14.7. The summed E-state index contributed by atoms with van der Waals surface area (Å²) in [5.74, 6) is 0.527. The number of nitrogens with one attached hydrogen (secondary N) is 1. The molecule has 6 heteroatoms. The Morgan fingerprint density at radius 1 is 1.40 bits per heavy atom. The van der Waals surface area contributed by atoms with Crippen LogP contribution < -0.4 is 5.32 Å². The number of anilines is 2. The van der Waals surface area contributed by atoms with E-state index < -0.39 is 5.82 Å². The quantitative estimate of drug-likeness (QED) is 0.874. The van der Waals surface area contributed by atoms with Gasteiger partial charge in [-0.25, -0.2) is 14.4 Å². The smallest absolute Gasteiger partial charge is 0.147 e. The van der Waals surface area contributed by atoms with Crippen LogP contribution in [0, 0.1) is 24.1 Å². The van der Waals surface area contributed by atoms with Gasteiger partial charge in [-0.3, -0.25) is 0 Å². The number of nitriles is 1. The highest BCUT2D eigenvalue weighted by atomic mass is 35.5. The summed E-state index contributed by atoms with van der Waals surface area (Å²) in [6, 6.07) is 6.08. The second-order valence-corrected chi connectivity index (χ2v) is 4.55. The maximum Gasteiger partial charge on any atom is 0.147 e. The lowest BCUT2D eigenvalue weighted by Crippen LogP contribution is -2.04. The molecule has 1 aromatic carbocycles. The monoisotopic (exact) mass is 290 g/mol. The fourth-order valence-electron chi connectivity index (χ4n) is 1.63. The number of aryl methyl sites for hydroxylation is 1. The van der Waals surface area contributed by atoms with Crippen LogP contribution in [0.15, 0.2) is 18.2 Å². The summed E-state index contributed by atoms with van der Waals surface area (Å²) < 4.78 is 13.8. The lowest BCUT2D eigenvalue weighted by Gasteiger charge is -2.11. The van der Waals surface area contributed by atoms with Crippen LogP contribution in [0.4, 0.5) is 15.9 Å². The summed E-state index contributed by atoms with van der Waals surface area (Å²) in [5.41, 5.74) is 1.15. The number of rotatable bonds is 3. The molecule has 1 heterocycles. The first kappa shape index (κ1) is 14.2. The van der Waals surface area contributed by atoms with Gasteiger partial charge in [0.2, 0.25) is 0 Å². The van der Waals surface area contributed by atoms with E-state index in [4.69, 9.17) is 16.9 Å². The summed E-state index contributed by atoms with van der Waals surface area (Å²) in [5, 5.41) is 11.9. The van der Waals surface area contributed by atoms with Crippen LogP contribution in [-0.2, 0) is 6.42 Å². The summed E-state index contributed by atoms with van der Waals surface area (Å²) in [6.45, 7) is 3.67. The Labute approximate surface area is 121 Å². The van der Waals surface area contributed by atoms with Gasteiger partial charge >= 0.3 is 0 Å². The molecule has 2 rings (SSSR count). The van der Waals surface area contributed by atoms with Crippen LogP contribution in [-0.4, -0.2) is 9.97 Å². The second kappa shape index (κ2) is 5.85. The zero-order valence-electron chi connectivity index (χ0n) is 11.0. The van der Waals surface area contributed by atoms with E-state index in [1.165, 1.54) is 18.2 Å². The molecule has 2 aromatic rings. The Bertz CT molecular complexity index is 694. The summed E-state index contributed by atoms with van der Waals surface area (Å²) in [6.07, 6.45) is 0.629. The van der Waals surface area contributed by atoms with E-state index in [9.17, 15) is 4.39 Å². The fourth-order valence-corrected chi connectivity index (χ4v) is 1.81. The molecule has 0 fully saturated rings. The van der Waals surface area contributed by atoms with E-state index in [2.05, 4.69) is 15.3 Å². The average Bonchev–Trinajstić information content (AvgIpc) is 2.45. The number of hydrogen-bond donors (Lipinski definition) is 1. The van der Waals surface area contributed by atoms with Gasteiger partial charge in [-0.15, -0.1) is 0 Å². The van der Waals surface area contributed by atoms with Crippen molar-refractivity contribution in [3.8, 4) is 6.07 Å². The Morgan fingerprint density at radius 3 is 2.75 bits per heavy atom. The molecule has 1 N–H and O–H groups in total. The molecule has 0 amide bonds. The van der Waals surface area contributed by atoms with Crippen molar-refractivity contribution >= 4 is 23.1 Å². The van der Waals surface area contributed by atoms with Crippen molar-refractivity contribution in [3.63, 3.8) is 0 Å². The number of hydrogen-bond acceptors (Lipinski definition) is 4. The van der Waals surface area contributed by atoms with Gasteiger partial charge in [-0.1, -0.05) is 18.5 Å². The van der Waals surface area contributed by atoms with Gasteiger partial charge in [-0.2, -0.15) is 5.26 Å².